The Morgan fingerprint density at radius 2 is 1.83 bits per heavy atom. The van der Waals surface area contributed by atoms with Crippen LogP contribution < -0.4 is 5.73 Å². The molecule has 2 N–H and O–H groups in total. The number of carbonyl (C=O) groups is 1. The lowest BCUT2D eigenvalue weighted by Crippen LogP contribution is -2.03. The van der Waals surface area contributed by atoms with E-state index in [0.717, 1.165) is 22.3 Å². The SMILES string of the molecule is CCC(=O)c1ccc(CN)cc1-c1ccccc1. The van der Waals surface area contributed by atoms with Gasteiger partial charge in [-0.05, 0) is 22.8 Å². The van der Waals surface area contributed by atoms with Gasteiger partial charge >= 0.3 is 0 Å². The van der Waals surface area contributed by atoms with Crippen LogP contribution in [0.3, 0.4) is 0 Å². The van der Waals surface area contributed by atoms with Gasteiger partial charge in [-0.2, -0.15) is 0 Å². The Bertz CT molecular complexity index is 546. The fourth-order valence-corrected chi connectivity index (χ4v) is 2.01. The predicted molar refractivity (Wildman–Crippen MR) is 74.4 cm³/mol. The van der Waals surface area contributed by atoms with E-state index in [-0.39, 0.29) is 5.78 Å². The normalized spacial score (nSPS) is 10.3. The number of Topliss-reactive ketones (excluding diaryl/α,β-unsaturated/α-hetero) is 1. The van der Waals surface area contributed by atoms with Gasteiger partial charge in [-0.3, -0.25) is 4.79 Å². The van der Waals surface area contributed by atoms with E-state index in [1.807, 2.05) is 55.5 Å². The highest BCUT2D eigenvalue weighted by Gasteiger charge is 2.11. The molecule has 0 heterocycles. The number of nitrogens with two attached hydrogens (primary N) is 1. The largest absolute Gasteiger partial charge is 0.326 e. The van der Waals surface area contributed by atoms with Crippen molar-refractivity contribution in [3.8, 4) is 11.1 Å². The third-order valence-corrected chi connectivity index (χ3v) is 3.03. The Morgan fingerprint density at radius 3 is 2.44 bits per heavy atom. The van der Waals surface area contributed by atoms with Crippen molar-refractivity contribution >= 4 is 5.78 Å². The van der Waals surface area contributed by atoms with Crippen LogP contribution in [0, 0.1) is 0 Å². The smallest absolute Gasteiger partial charge is 0.163 e. The Kier molecular flexibility index (Phi) is 3.90. The molecular weight excluding hydrogens is 222 g/mol. The van der Waals surface area contributed by atoms with E-state index >= 15 is 0 Å². The van der Waals surface area contributed by atoms with Crippen molar-refractivity contribution in [3.05, 3.63) is 59.7 Å². The number of benzene rings is 2. The second-order valence-electron chi connectivity index (χ2n) is 4.23. The minimum absolute atomic E-state index is 0.164. The number of hydrogen-bond donors (Lipinski definition) is 1. The van der Waals surface area contributed by atoms with Gasteiger partial charge < -0.3 is 5.73 Å². The van der Waals surface area contributed by atoms with Crippen molar-refractivity contribution in [2.75, 3.05) is 0 Å². The monoisotopic (exact) mass is 239 g/mol. The minimum atomic E-state index is 0.164. The van der Waals surface area contributed by atoms with Crippen LogP contribution in [0.15, 0.2) is 48.5 Å². The van der Waals surface area contributed by atoms with Crippen molar-refractivity contribution in [1.82, 2.24) is 0 Å². The van der Waals surface area contributed by atoms with Gasteiger partial charge in [-0.15, -0.1) is 0 Å². The van der Waals surface area contributed by atoms with Gasteiger partial charge in [0.15, 0.2) is 5.78 Å². The van der Waals surface area contributed by atoms with E-state index < -0.39 is 0 Å². The summed E-state index contributed by atoms with van der Waals surface area (Å²) in [5.74, 6) is 0.164. The quantitative estimate of drug-likeness (QED) is 0.831. The van der Waals surface area contributed by atoms with Gasteiger partial charge in [-0.1, -0.05) is 49.4 Å². The van der Waals surface area contributed by atoms with Crippen LogP contribution in [0.4, 0.5) is 0 Å². The molecule has 0 aromatic heterocycles. The van der Waals surface area contributed by atoms with Crippen molar-refractivity contribution in [1.29, 1.82) is 0 Å². The summed E-state index contributed by atoms with van der Waals surface area (Å²) < 4.78 is 0. The average Bonchev–Trinajstić information content (AvgIpc) is 2.46. The summed E-state index contributed by atoms with van der Waals surface area (Å²) in [4.78, 5) is 12.0. The Hall–Kier alpha value is -1.93. The first-order valence-electron chi connectivity index (χ1n) is 6.18. The third kappa shape index (κ3) is 2.49. The lowest BCUT2D eigenvalue weighted by molar-refractivity contribution is 0.0989. The summed E-state index contributed by atoms with van der Waals surface area (Å²) in [6.45, 7) is 2.37. The number of ketones is 1. The van der Waals surface area contributed by atoms with Crippen LogP contribution in [-0.2, 0) is 6.54 Å². The zero-order valence-corrected chi connectivity index (χ0v) is 10.5. The molecule has 0 aliphatic rings. The first-order chi connectivity index (χ1) is 8.76. The maximum absolute atomic E-state index is 12.0. The molecule has 0 unspecified atom stereocenters. The lowest BCUT2D eigenvalue weighted by Gasteiger charge is -2.10. The van der Waals surface area contributed by atoms with Crippen LogP contribution in [0.5, 0.6) is 0 Å². The molecule has 0 aliphatic carbocycles. The van der Waals surface area contributed by atoms with Crippen LogP contribution >= 0.6 is 0 Å². The van der Waals surface area contributed by atoms with Gasteiger partial charge in [0, 0.05) is 18.5 Å². The third-order valence-electron chi connectivity index (χ3n) is 3.03. The summed E-state index contributed by atoms with van der Waals surface area (Å²) in [5.41, 5.74) is 9.53. The van der Waals surface area contributed by atoms with E-state index in [4.69, 9.17) is 5.73 Å². The highest BCUT2D eigenvalue weighted by atomic mass is 16.1. The molecule has 2 aromatic carbocycles. The van der Waals surface area contributed by atoms with Crippen LogP contribution in [0.25, 0.3) is 11.1 Å². The topological polar surface area (TPSA) is 43.1 Å². The van der Waals surface area contributed by atoms with Gasteiger partial charge in [0.2, 0.25) is 0 Å². The molecule has 0 spiro atoms. The van der Waals surface area contributed by atoms with E-state index in [1.54, 1.807) is 0 Å². The van der Waals surface area contributed by atoms with E-state index in [1.165, 1.54) is 0 Å². The second kappa shape index (κ2) is 5.61. The predicted octanol–water partition coefficient (Wildman–Crippen LogP) is 3.41. The van der Waals surface area contributed by atoms with E-state index in [9.17, 15) is 4.79 Å². The lowest BCUT2D eigenvalue weighted by atomic mass is 9.94. The molecule has 0 aliphatic heterocycles. The van der Waals surface area contributed by atoms with Gasteiger partial charge in [0.1, 0.15) is 0 Å². The van der Waals surface area contributed by atoms with E-state index in [0.29, 0.717) is 13.0 Å². The highest BCUT2D eigenvalue weighted by Crippen LogP contribution is 2.26. The zero-order valence-electron chi connectivity index (χ0n) is 10.5. The first kappa shape index (κ1) is 12.5. The van der Waals surface area contributed by atoms with Crippen LogP contribution in [0.1, 0.15) is 29.3 Å². The molecule has 92 valence electrons. The number of rotatable bonds is 4. The summed E-state index contributed by atoms with van der Waals surface area (Å²) in [5, 5.41) is 0. The van der Waals surface area contributed by atoms with Crippen molar-refractivity contribution in [2.24, 2.45) is 5.73 Å². The molecule has 0 radical (unpaired) electrons. The molecule has 0 saturated carbocycles. The molecule has 2 heteroatoms. The van der Waals surface area contributed by atoms with Gasteiger partial charge in [0.05, 0.1) is 0 Å². The van der Waals surface area contributed by atoms with Gasteiger partial charge in [-0.25, -0.2) is 0 Å². The highest BCUT2D eigenvalue weighted by molar-refractivity contribution is 6.02. The molecule has 18 heavy (non-hydrogen) atoms. The van der Waals surface area contributed by atoms with Gasteiger partial charge in [0.25, 0.3) is 0 Å². The maximum atomic E-state index is 12.0. The molecule has 2 aromatic rings. The fourth-order valence-electron chi connectivity index (χ4n) is 2.01. The fraction of sp³-hybridized carbons (Fsp3) is 0.188. The molecule has 0 amide bonds. The first-order valence-corrected chi connectivity index (χ1v) is 6.18. The Balaban J connectivity index is 2.58. The Labute approximate surface area is 107 Å². The van der Waals surface area contributed by atoms with Crippen LogP contribution in [-0.4, -0.2) is 5.78 Å². The number of hydrogen-bond acceptors (Lipinski definition) is 2. The Morgan fingerprint density at radius 1 is 1.11 bits per heavy atom. The molecule has 0 fully saturated rings. The van der Waals surface area contributed by atoms with E-state index in [2.05, 4.69) is 0 Å². The van der Waals surface area contributed by atoms with Crippen molar-refractivity contribution < 1.29 is 4.79 Å². The second-order valence-corrected chi connectivity index (χ2v) is 4.23. The van der Waals surface area contributed by atoms with Crippen molar-refractivity contribution in [2.45, 2.75) is 19.9 Å². The minimum Gasteiger partial charge on any atom is -0.326 e. The average molecular weight is 239 g/mol. The molecule has 0 bridgehead atoms. The maximum Gasteiger partial charge on any atom is 0.163 e. The molecule has 0 saturated heterocycles. The summed E-state index contributed by atoms with van der Waals surface area (Å²) >= 11 is 0. The number of carbonyl (C=O) groups excluding carboxylic acids is 1. The summed E-state index contributed by atoms with van der Waals surface area (Å²) in [6, 6.07) is 15.8. The van der Waals surface area contributed by atoms with Crippen LogP contribution in [0.2, 0.25) is 0 Å². The molecular formula is C16H17NO. The molecule has 0 atom stereocenters. The summed E-state index contributed by atoms with van der Waals surface area (Å²) in [6.07, 6.45) is 0.516. The molecule has 2 nitrogen and oxygen atoms in total. The standard InChI is InChI=1S/C16H17NO/c1-2-16(18)14-9-8-12(11-17)10-15(14)13-6-4-3-5-7-13/h3-10H,2,11,17H2,1H3. The molecule has 2 rings (SSSR count). The summed E-state index contributed by atoms with van der Waals surface area (Å²) in [7, 11) is 0. The zero-order chi connectivity index (χ0) is 13.0. The van der Waals surface area contributed by atoms with Crippen molar-refractivity contribution in [3.63, 3.8) is 0 Å².